The Morgan fingerprint density at radius 1 is 1.25 bits per heavy atom. The number of thiophene rings is 1. The second-order valence-electron chi connectivity index (χ2n) is 4.43. The van der Waals surface area contributed by atoms with Crippen molar-refractivity contribution < 1.29 is 4.79 Å². The van der Waals surface area contributed by atoms with Gasteiger partial charge in [-0.3, -0.25) is 4.79 Å². The summed E-state index contributed by atoms with van der Waals surface area (Å²) < 4.78 is 1.16. The Kier molecular flexibility index (Phi) is 6.99. The summed E-state index contributed by atoms with van der Waals surface area (Å²) in [5.74, 6) is 0.0355. The van der Waals surface area contributed by atoms with Crippen molar-refractivity contribution in [3.63, 3.8) is 0 Å². The second-order valence-corrected chi connectivity index (χ2v) is 5.52. The Morgan fingerprint density at radius 2 is 1.95 bits per heavy atom. The van der Waals surface area contributed by atoms with Crippen LogP contribution in [-0.2, 0) is 0 Å². The molecule has 0 unspecified atom stereocenters. The first-order chi connectivity index (χ1) is 9.24. The van der Waals surface area contributed by atoms with Crippen LogP contribution in [0.3, 0.4) is 0 Å². The molecular weight excluding hydrogens is 292 g/mol. The number of fused-ring (bicyclic) bond motifs is 1. The first-order valence-corrected chi connectivity index (χ1v) is 7.55. The Balaban J connectivity index is 0.00000200. The average Bonchev–Trinajstić information content (AvgIpc) is 2.87. The summed E-state index contributed by atoms with van der Waals surface area (Å²) >= 11 is 1.55. The number of hydrogen-bond donors (Lipinski definition) is 1. The van der Waals surface area contributed by atoms with Gasteiger partial charge in [0.05, 0.1) is 4.88 Å². The summed E-state index contributed by atoms with van der Waals surface area (Å²) in [5, 5.41) is 4.13. The lowest BCUT2D eigenvalue weighted by atomic mass is 10.2. The largest absolute Gasteiger partial charge is 0.350 e. The molecule has 110 valence electrons. The summed E-state index contributed by atoms with van der Waals surface area (Å²) in [6.45, 7) is 7.93. The quantitative estimate of drug-likeness (QED) is 0.886. The second kappa shape index (κ2) is 8.25. The molecule has 20 heavy (non-hydrogen) atoms. The van der Waals surface area contributed by atoms with Crippen LogP contribution in [-0.4, -0.2) is 37.0 Å². The van der Waals surface area contributed by atoms with Crippen LogP contribution in [0, 0.1) is 0 Å². The van der Waals surface area contributed by atoms with E-state index < -0.39 is 0 Å². The van der Waals surface area contributed by atoms with E-state index in [1.807, 2.05) is 30.3 Å². The lowest BCUT2D eigenvalue weighted by Gasteiger charge is -2.17. The minimum Gasteiger partial charge on any atom is -0.350 e. The minimum absolute atomic E-state index is 0. The molecule has 0 bridgehead atoms. The Hall–Kier alpha value is -1.10. The lowest BCUT2D eigenvalue weighted by Crippen LogP contribution is -2.34. The average molecular weight is 313 g/mol. The van der Waals surface area contributed by atoms with Gasteiger partial charge in [0, 0.05) is 17.8 Å². The molecule has 0 atom stereocenters. The number of rotatable bonds is 6. The Bertz CT molecular complexity index is 519. The van der Waals surface area contributed by atoms with E-state index in [9.17, 15) is 4.79 Å². The summed E-state index contributed by atoms with van der Waals surface area (Å²) in [7, 11) is 0. The van der Waals surface area contributed by atoms with Crippen LogP contribution in [0.1, 0.15) is 23.5 Å². The van der Waals surface area contributed by atoms with E-state index in [2.05, 4.69) is 24.1 Å². The molecule has 3 nitrogen and oxygen atoms in total. The molecule has 1 heterocycles. The number of nitrogens with one attached hydrogen (secondary N) is 1. The van der Waals surface area contributed by atoms with Crippen molar-refractivity contribution >= 4 is 39.7 Å². The van der Waals surface area contributed by atoms with E-state index in [0.717, 1.165) is 34.6 Å². The molecule has 0 spiro atoms. The van der Waals surface area contributed by atoms with Gasteiger partial charge in [-0.25, -0.2) is 0 Å². The lowest BCUT2D eigenvalue weighted by molar-refractivity contribution is 0.0953. The summed E-state index contributed by atoms with van der Waals surface area (Å²) in [6.07, 6.45) is 0. The van der Waals surface area contributed by atoms with Crippen LogP contribution in [0.2, 0.25) is 0 Å². The fourth-order valence-electron chi connectivity index (χ4n) is 2.05. The van der Waals surface area contributed by atoms with Crippen LogP contribution in [0.5, 0.6) is 0 Å². The SMILES string of the molecule is CCN(CC)CCNC(=O)c1cc2ccccc2s1.Cl. The zero-order valence-corrected chi connectivity index (χ0v) is 13.5. The van der Waals surface area contributed by atoms with Crippen LogP contribution >= 0.6 is 23.7 Å². The first-order valence-electron chi connectivity index (χ1n) is 6.73. The van der Waals surface area contributed by atoms with Gasteiger partial charge in [0.15, 0.2) is 0 Å². The molecule has 5 heteroatoms. The van der Waals surface area contributed by atoms with Crippen molar-refractivity contribution in [2.24, 2.45) is 0 Å². The molecular formula is C15H21ClN2OS. The van der Waals surface area contributed by atoms with Gasteiger partial charge < -0.3 is 10.2 Å². The van der Waals surface area contributed by atoms with E-state index in [1.165, 1.54) is 0 Å². The molecule has 0 fully saturated rings. The maximum Gasteiger partial charge on any atom is 0.261 e. The molecule has 0 aliphatic rings. The molecule has 0 aliphatic carbocycles. The number of amides is 1. The molecule has 1 N–H and O–H groups in total. The predicted molar refractivity (Wildman–Crippen MR) is 89.2 cm³/mol. The van der Waals surface area contributed by atoms with Gasteiger partial charge in [-0.05, 0) is 30.6 Å². The highest BCUT2D eigenvalue weighted by molar-refractivity contribution is 7.20. The molecule has 1 aromatic carbocycles. The zero-order valence-electron chi connectivity index (χ0n) is 11.9. The van der Waals surface area contributed by atoms with Gasteiger partial charge in [-0.2, -0.15) is 0 Å². The number of hydrogen-bond acceptors (Lipinski definition) is 3. The first kappa shape index (κ1) is 17.0. The standard InChI is InChI=1S/C15H20N2OS.ClH/c1-3-17(4-2)10-9-16-15(18)14-11-12-7-5-6-8-13(12)19-14;/h5-8,11H,3-4,9-10H2,1-2H3,(H,16,18);1H. The minimum atomic E-state index is 0. The number of carbonyl (C=O) groups is 1. The number of carbonyl (C=O) groups excluding carboxylic acids is 1. The van der Waals surface area contributed by atoms with Crippen LogP contribution < -0.4 is 5.32 Å². The van der Waals surface area contributed by atoms with E-state index in [0.29, 0.717) is 6.54 Å². The molecule has 2 aromatic rings. The molecule has 2 rings (SSSR count). The third-order valence-electron chi connectivity index (χ3n) is 3.26. The molecule has 0 saturated heterocycles. The van der Waals surface area contributed by atoms with Crippen molar-refractivity contribution in [1.29, 1.82) is 0 Å². The van der Waals surface area contributed by atoms with Crippen molar-refractivity contribution in [3.8, 4) is 0 Å². The van der Waals surface area contributed by atoms with Gasteiger partial charge in [-0.1, -0.05) is 32.0 Å². The fourth-order valence-corrected chi connectivity index (χ4v) is 3.03. The molecule has 1 aromatic heterocycles. The predicted octanol–water partition coefficient (Wildman–Crippen LogP) is 3.39. The summed E-state index contributed by atoms with van der Waals surface area (Å²) in [5.41, 5.74) is 0. The van der Waals surface area contributed by atoms with E-state index in [1.54, 1.807) is 11.3 Å². The number of halogens is 1. The van der Waals surface area contributed by atoms with E-state index in [4.69, 9.17) is 0 Å². The zero-order chi connectivity index (χ0) is 13.7. The maximum absolute atomic E-state index is 12.1. The van der Waals surface area contributed by atoms with Crippen molar-refractivity contribution in [2.45, 2.75) is 13.8 Å². The summed E-state index contributed by atoms with van der Waals surface area (Å²) in [6, 6.07) is 10.1. The van der Waals surface area contributed by atoms with Crippen molar-refractivity contribution in [3.05, 3.63) is 35.2 Å². The highest BCUT2D eigenvalue weighted by Gasteiger charge is 2.09. The molecule has 0 saturated carbocycles. The van der Waals surface area contributed by atoms with Crippen molar-refractivity contribution in [1.82, 2.24) is 10.2 Å². The van der Waals surface area contributed by atoms with Gasteiger partial charge in [0.25, 0.3) is 5.91 Å². The van der Waals surface area contributed by atoms with Crippen LogP contribution in [0.25, 0.3) is 10.1 Å². The fraction of sp³-hybridized carbons (Fsp3) is 0.400. The number of benzene rings is 1. The van der Waals surface area contributed by atoms with Gasteiger partial charge in [0.2, 0.25) is 0 Å². The number of nitrogens with zero attached hydrogens (tertiary/aromatic N) is 1. The van der Waals surface area contributed by atoms with E-state index in [-0.39, 0.29) is 18.3 Å². The number of likely N-dealkylation sites (N-methyl/N-ethyl adjacent to an activating group) is 1. The van der Waals surface area contributed by atoms with Crippen LogP contribution in [0.4, 0.5) is 0 Å². The molecule has 0 radical (unpaired) electrons. The van der Waals surface area contributed by atoms with Crippen molar-refractivity contribution in [2.75, 3.05) is 26.2 Å². The third-order valence-corrected chi connectivity index (χ3v) is 4.37. The Morgan fingerprint density at radius 3 is 2.60 bits per heavy atom. The molecule has 1 amide bonds. The Labute approximate surface area is 130 Å². The van der Waals surface area contributed by atoms with Crippen LogP contribution in [0.15, 0.2) is 30.3 Å². The highest BCUT2D eigenvalue weighted by atomic mass is 35.5. The molecule has 0 aliphatic heterocycles. The van der Waals surface area contributed by atoms with Gasteiger partial charge in [0.1, 0.15) is 0 Å². The normalized spacial score (nSPS) is 10.6. The maximum atomic E-state index is 12.1. The van der Waals surface area contributed by atoms with Gasteiger partial charge in [-0.15, -0.1) is 23.7 Å². The topological polar surface area (TPSA) is 32.3 Å². The third kappa shape index (κ3) is 4.20. The monoisotopic (exact) mass is 312 g/mol. The smallest absolute Gasteiger partial charge is 0.261 e. The highest BCUT2D eigenvalue weighted by Crippen LogP contribution is 2.24. The van der Waals surface area contributed by atoms with E-state index >= 15 is 0 Å². The summed E-state index contributed by atoms with van der Waals surface area (Å²) in [4.78, 5) is 15.1. The van der Waals surface area contributed by atoms with Gasteiger partial charge >= 0.3 is 0 Å².